The molecule has 1 N–H and O–H groups in total. The van der Waals surface area contributed by atoms with Crippen LogP contribution in [0.5, 0.6) is 11.5 Å². The van der Waals surface area contributed by atoms with E-state index in [2.05, 4.69) is 10.3 Å². The van der Waals surface area contributed by atoms with Crippen molar-refractivity contribution in [2.75, 3.05) is 18.7 Å². The number of carbonyl (C=O) groups is 2. The van der Waals surface area contributed by atoms with Crippen LogP contribution in [0.2, 0.25) is 0 Å². The number of aromatic nitrogens is 1. The number of thiazole rings is 1. The molecular weight excluding hydrogens is 437 g/mol. The number of nitrogens with one attached hydrogen (secondary N) is 1. The number of nitriles is 1. The number of fused-ring (bicyclic) bond motifs is 1. The van der Waals surface area contributed by atoms with Gasteiger partial charge in [-0.2, -0.15) is 5.26 Å². The molecule has 160 valence electrons. The fourth-order valence-corrected chi connectivity index (χ4v) is 3.49. The van der Waals surface area contributed by atoms with Crippen LogP contribution in [0, 0.1) is 17.1 Å². The topological polar surface area (TPSA) is 111 Å². The minimum absolute atomic E-state index is 0.106. The van der Waals surface area contributed by atoms with Crippen molar-refractivity contribution in [1.82, 2.24) is 4.98 Å². The van der Waals surface area contributed by atoms with Crippen LogP contribution in [0.1, 0.15) is 5.56 Å². The molecule has 1 aliphatic rings. The number of rotatable bonds is 6. The Morgan fingerprint density at radius 3 is 2.78 bits per heavy atom. The van der Waals surface area contributed by atoms with E-state index in [1.54, 1.807) is 41.8 Å². The van der Waals surface area contributed by atoms with Crippen molar-refractivity contribution in [3.8, 4) is 28.8 Å². The van der Waals surface area contributed by atoms with Crippen molar-refractivity contribution in [1.29, 1.82) is 5.26 Å². The molecule has 0 saturated heterocycles. The van der Waals surface area contributed by atoms with Gasteiger partial charge in [0, 0.05) is 10.9 Å². The van der Waals surface area contributed by atoms with E-state index in [-0.39, 0.29) is 18.2 Å². The highest BCUT2D eigenvalue weighted by molar-refractivity contribution is 7.14. The zero-order chi connectivity index (χ0) is 22.5. The average Bonchev–Trinajstić information content (AvgIpc) is 3.45. The Bertz CT molecular complexity index is 1250. The molecule has 1 aromatic heterocycles. The number of benzene rings is 2. The van der Waals surface area contributed by atoms with Gasteiger partial charge in [-0.1, -0.05) is 6.07 Å². The molecule has 0 unspecified atom stereocenters. The largest absolute Gasteiger partial charge is 0.454 e. The Morgan fingerprint density at radius 1 is 1.22 bits per heavy atom. The molecule has 2 heterocycles. The van der Waals surface area contributed by atoms with Gasteiger partial charge in [-0.05, 0) is 48.0 Å². The number of anilines is 1. The molecule has 4 rings (SSSR count). The van der Waals surface area contributed by atoms with Gasteiger partial charge in [0.2, 0.25) is 6.79 Å². The molecule has 0 atom stereocenters. The molecule has 3 aromatic rings. The quantitative estimate of drug-likeness (QED) is 0.345. The molecule has 0 aliphatic carbocycles. The zero-order valence-electron chi connectivity index (χ0n) is 16.3. The SMILES string of the molecule is N#C/C(=C\c1ccc2c(c1)OCO2)C(=O)OCC(=O)Nc1nc(-c2ccc(F)cc2)cs1. The molecule has 0 fully saturated rings. The molecule has 10 heteroatoms. The van der Waals surface area contributed by atoms with Gasteiger partial charge in [0.15, 0.2) is 23.2 Å². The van der Waals surface area contributed by atoms with E-state index >= 15 is 0 Å². The number of ether oxygens (including phenoxy) is 3. The third-order valence-corrected chi connectivity index (χ3v) is 5.03. The Balaban J connectivity index is 1.33. The van der Waals surface area contributed by atoms with Crippen LogP contribution in [0.4, 0.5) is 9.52 Å². The second kappa shape index (κ2) is 9.28. The lowest BCUT2D eigenvalue weighted by Crippen LogP contribution is -2.21. The fraction of sp³-hybridized carbons (Fsp3) is 0.0909. The minimum Gasteiger partial charge on any atom is -0.454 e. The highest BCUT2D eigenvalue weighted by atomic mass is 32.1. The first kappa shape index (κ1) is 21.0. The highest BCUT2D eigenvalue weighted by Gasteiger charge is 2.17. The second-order valence-corrected chi connectivity index (χ2v) is 7.31. The molecule has 1 aliphatic heterocycles. The number of hydrogen-bond donors (Lipinski definition) is 1. The van der Waals surface area contributed by atoms with Gasteiger partial charge in [-0.25, -0.2) is 14.2 Å². The molecule has 0 spiro atoms. The standard InChI is InChI=1S/C22H14FN3O5S/c23-16-4-2-14(3-5-16)17-11-32-22(25-17)26-20(27)10-29-21(28)15(9-24)7-13-1-6-18-19(8-13)31-12-30-18/h1-8,11H,10,12H2,(H,25,26,27)/b15-7+. The van der Waals surface area contributed by atoms with Crippen molar-refractivity contribution in [3.63, 3.8) is 0 Å². The molecule has 2 aromatic carbocycles. The van der Waals surface area contributed by atoms with Gasteiger partial charge < -0.3 is 14.2 Å². The van der Waals surface area contributed by atoms with Crippen LogP contribution in [-0.4, -0.2) is 30.3 Å². The number of nitrogens with zero attached hydrogens (tertiary/aromatic N) is 2. The van der Waals surface area contributed by atoms with E-state index < -0.39 is 18.5 Å². The Kier molecular flexibility index (Phi) is 6.10. The van der Waals surface area contributed by atoms with Gasteiger partial charge in [0.25, 0.3) is 5.91 Å². The van der Waals surface area contributed by atoms with Gasteiger partial charge in [-0.15, -0.1) is 11.3 Å². The summed E-state index contributed by atoms with van der Waals surface area (Å²) in [4.78, 5) is 28.5. The third kappa shape index (κ3) is 4.91. The summed E-state index contributed by atoms with van der Waals surface area (Å²) in [6, 6.07) is 12.5. The first-order valence-corrected chi connectivity index (χ1v) is 10.1. The molecule has 0 radical (unpaired) electrons. The number of carbonyl (C=O) groups excluding carboxylic acids is 2. The van der Waals surface area contributed by atoms with Crippen LogP contribution in [0.25, 0.3) is 17.3 Å². The lowest BCUT2D eigenvalue weighted by Gasteiger charge is -2.04. The van der Waals surface area contributed by atoms with Crippen LogP contribution >= 0.6 is 11.3 Å². The van der Waals surface area contributed by atoms with Gasteiger partial charge in [0.1, 0.15) is 17.5 Å². The van der Waals surface area contributed by atoms with E-state index in [1.165, 1.54) is 29.5 Å². The van der Waals surface area contributed by atoms with E-state index in [9.17, 15) is 19.2 Å². The van der Waals surface area contributed by atoms with Gasteiger partial charge >= 0.3 is 5.97 Å². The summed E-state index contributed by atoms with van der Waals surface area (Å²) in [5.74, 6) is -0.828. The first-order chi connectivity index (χ1) is 15.5. The predicted molar refractivity (Wildman–Crippen MR) is 113 cm³/mol. The summed E-state index contributed by atoms with van der Waals surface area (Å²) in [6.07, 6.45) is 1.33. The third-order valence-electron chi connectivity index (χ3n) is 4.27. The predicted octanol–water partition coefficient (Wildman–Crippen LogP) is 3.77. The van der Waals surface area contributed by atoms with E-state index in [1.807, 2.05) is 0 Å². The summed E-state index contributed by atoms with van der Waals surface area (Å²) >= 11 is 1.17. The summed E-state index contributed by atoms with van der Waals surface area (Å²) in [5.41, 5.74) is 1.54. The molecule has 8 nitrogen and oxygen atoms in total. The molecule has 0 bridgehead atoms. The summed E-state index contributed by atoms with van der Waals surface area (Å²) in [6.45, 7) is -0.486. The Morgan fingerprint density at radius 2 is 2.00 bits per heavy atom. The van der Waals surface area contributed by atoms with E-state index in [0.29, 0.717) is 33.5 Å². The van der Waals surface area contributed by atoms with Crippen molar-refractivity contribution in [3.05, 3.63) is 64.8 Å². The molecule has 32 heavy (non-hydrogen) atoms. The maximum atomic E-state index is 13.0. The smallest absolute Gasteiger partial charge is 0.349 e. The minimum atomic E-state index is -0.938. The summed E-state index contributed by atoms with van der Waals surface area (Å²) in [5, 5.41) is 13.8. The van der Waals surface area contributed by atoms with E-state index in [4.69, 9.17) is 14.2 Å². The monoisotopic (exact) mass is 451 g/mol. The van der Waals surface area contributed by atoms with Crippen LogP contribution in [0.3, 0.4) is 0 Å². The summed E-state index contributed by atoms with van der Waals surface area (Å²) < 4.78 is 28.4. The van der Waals surface area contributed by atoms with Gasteiger partial charge in [-0.3, -0.25) is 10.1 Å². The first-order valence-electron chi connectivity index (χ1n) is 9.22. The zero-order valence-corrected chi connectivity index (χ0v) is 17.1. The normalized spacial score (nSPS) is 12.2. The number of amides is 1. The maximum Gasteiger partial charge on any atom is 0.349 e. The Hall–Kier alpha value is -4.23. The number of hydrogen-bond acceptors (Lipinski definition) is 8. The molecule has 0 saturated carbocycles. The average molecular weight is 451 g/mol. The van der Waals surface area contributed by atoms with E-state index in [0.717, 1.165) is 0 Å². The van der Waals surface area contributed by atoms with Crippen LogP contribution < -0.4 is 14.8 Å². The lowest BCUT2D eigenvalue weighted by molar-refractivity contribution is -0.142. The molecule has 1 amide bonds. The molecular formula is C22H14FN3O5S. The van der Waals surface area contributed by atoms with Crippen molar-refractivity contribution >= 4 is 34.4 Å². The lowest BCUT2D eigenvalue weighted by atomic mass is 10.1. The van der Waals surface area contributed by atoms with Crippen LogP contribution in [0.15, 0.2) is 53.4 Å². The van der Waals surface area contributed by atoms with Gasteiger partial charge in [0.05, 0.1) is 5.69 Å². The maximum absolute atomic E-state index is 13.0. The summed E-state index contributed by atoms with van der Waals surface area (Å²) in [7, 11) is 0. The number of esters is 1. The van der Waals surface area contributed by atoms with Crippen molar-refractivity contribution < 1.29 is 28.2 Å². The second-order valence-electron chi connectivity index (χ2n) is 6.45. The van der Waals surface area contributed by atoms with Crippen molar-refractivity contribution in [2.24, 2.45) is 0 Å². The Labute approximate surface area is 185 Å². The highest BCUT2D eigenvalue weighted by Crippen LogP contribution is 2.33. The fourth-order valence-electron chi connectivity index (χ4n) is 2.76. The van der Waals surface area contributed by atoms with Crippen LogP contribution in [-0.2, 0) is 14.3 Å². The number of halogens is 1. The van der Waals surface area contributed by atoms with Crippen molar-refractivity contribution in [2.45, 2.75) is 0 Å².